The molecule has 0 N–H and O–H groups in total. The predicted molar refractivity (Wildman–Crippen MR) is 57.4 cm³/mol. The normalized spacial score (nSPS) is 10.8. The molecule has 0 bridgehead atoms. The molecule has 0 atom stereocenters. The standard InChI is InChI=1S/C11H14Ge/c1-5-10-7-6-8-11(9-10)12(2,3)4/h1,6-9H,2-4H3. The Balaban J connectivity index is 3.13. The molecule has 0 heterocycles. The molecule has 0 radical (unpaired) electrons. The van der Waals surface area contributed by atoms with Crippen molar-refractivity contribution in [1.82, 2.24) is 0 Å². The Morgan fingerprint density at radius 2 is 1.92 bits per heavy atom. The van der Waals surface area contributed by atoms with Gasteiger partial charge in [0, 0.05) is 0 Å². The molecule has 1 heteroatoms. The van der Waals surface area contributed by atoms with Crippen LogP contribution >= 0.6 is 0 Å². The first-order chi connectivity index (χ1) is 5.54. The summed E-state index contributed by atoms with van der Waals surface area (Å²) < 4.78 is 1.48. The third kappa shape index (κ3) is 2.15. The summed E-state index contributed by atoms with van der Waals surface area (Å²) in [7, 11) is 0. The fraction of sp³-hybridized carbons (Fsp3) is 0.273. The fourth-order valence-corrected chi connectivity index (χ4v) is 3.56. The molecule has 0 aliphatic carbocycles. The summed E-state index contributed by atoms with van der Waals surface area (Å²) in [5, 5.41) is 0. The quantitative estimate of drug-likeness (QED) is 0.501. The van der Waals surface area contributed by atoms with E-state index in [1.807, 2.05) is 6.07 Å². The SMILES string of the molecule is C#Cc1ccc[c]([Ge]([CH3])([CH3])[CH3])c1. The number of hydrogen-bond acceptors (Lipinski definition) is 0. The summed E-state index contributed by atoms with van der Waals surface area (Å²) in [6.07, 6.45) is 5.33. The molecule has 0 saturated carbocycles. The van der Waals surface area contributed by atoms with Gasteiger partial charge in [-0.05, 0) is 0 Å². The van der Waals surface area contributed by atoms with E-state index in [2.05, 4.69) is 41.4 Å². The third-order valence-electron chi connectivity index (χ3n) is 1.90. The van der Waals surface area contributed by atoms with Gasteiger partial charge in [-0.3, -0.25) is 0 Å². The number of rotatable bonds is 1. The van der Waals surface area contributed by atoms with Gasteiger partial charge in [-0.1, -0.05) is 0 Å². The molecule has 1 aromatic carbocycles. The molecule has 1 rings (SSSR count). The first kappa shape index (κ1) is 9.41. The minimum atomic E-state index is -1.65. The van der Waals surface area contributed by atoms with E-state index < -0.39 is 13.3 Å². The van der Waals surface area contributed by atoms with Gasteiger partial charge >= 0.3 is 77.1 Å². The van der Waals surface area contributed by atoms with E-state index in [0.717, 1.165) is 5.56 Å². The third-order valence-corrected chi connectivity index (χ3v) is 6.18. The van der Waals surface area contributed by atoms with Crippen molar-refractivity contribution < 1.29 is 0 Å². The zero-order valence-electron chi connectivity index (χ0n) is 7.89. The van der Waals surface area contributed by atoms with Crippen molar-refractivity contribution in [3.05, 3.63) is 29.8 Å². The van der Waals surface area contributed by atoms with Crippen LogP contribution in [0.2, 0.25) is 17.3 Å². The van der Waals surface area contributed by atoms with Gasteiger partial charge < -0.3 is 0 Å². The average Bonchev–Trinajstić information content (AvgIpc) is 2.03. The molecule has 0 aromatic heterocycles. The monoisotopic (exact) mass is 220 g/mol. The molecular weight excluding hydrogens is 205 g/mol. The summed E-state index contributed by atoms with van der Waals surface area (Å²) in [6.45, 7) is 0. The molecule has 62 valence electrons. The van der Waals surface area contributed by atoms with Crippen LogP contribution in [0.3, 0.4) is 0 Å². The molecule has 0 fully saturated rings. The molecule has 0 aliphatic heterocycles. The second-order valence-corrected chi connectivity index (χ2v) is 14.6. The molecular formula is C11H14Ge. The Kier molecular flexibility index (Phi) is 2.64. The Hall–Kier alpha value is -0.677. The molecule has 0 amide bonds. The molecule has 12 heavy (non-hydrogen) atoms. The molecule has 0 saturated heterocycles. The number of benzene rings is 1. The van der Waals surface area contributed by atoms with Gasteiger partial charge in [-0.2, -0.15) is 0 Å². The molecule has 1 aromatic rings. The Morgan fingerprint density at radius 3 is 2.42 bits per heavy atom. The maximum absolute atomic E-state index is 5.33. The van der Waals surface area contributed by atoms with Crippen molar-refractivity contribution >= 4 is 17.7 Å². The van der Waals surface area contributed by atoms with E-state index >= 15 is 0 Å². The summed E-state index contributed by atoms with van der Waals surface area (Å²) in [6, 6.07) is 8.39. The van der Waals surface area contributed by atoms with Crippen LogP contribution in [-0.4, -0.2) is 13.3 Å². The van der Waals surface area contributed by atoms with Crippen molar-refractivity contribution in [2.45, 2.75) is 17.3 Å². The molecule has 0 aliphatic rings. The zero-order valence-corrected chi connectivity index (χ0v) is 9.98. The van der Waals surface area contributed by atoms with E-state index in [0.29, 0.717) is 0 Å². The van der Waals surface area contributed by atoms with Crippen molar-refractivity contribution in [2.24, 2.45) is 0 Å². The minimum absolute atomic E-state index is 1.01. The Labute approximate surface area is 77.4 Å². The summed E-state index contributed by atoms with van der Waals surface area (Å²) in [5.74, 6) is 9.78. The fourth-order valence-electron chi connectivity index (χ4n) is 1.08. The number of terminal acetylenes is 1. The van der Waals surface area contributed by atoms with Crippen LogP contribution in [0.15, 0.2) is 24.3 Å². The van der Waals surface area contributed by atoms with Crippen LogP contribution in [0.4, 0.5) is 0 Å². The van der Waals surface area contributed by atoms with Crippen molar-refractivity contribution in [2.75, 3.05) is 0 Å². The van der Waals surface area contributed by atoms with Gasteiger partial charge in [0.15, 0.2) is 0 Å². The van der Waals surface area contributed by atoms with Crippen LogP contribution in [-0.2, 0) is 0 Å². The van der Waals surface area contributed by atoms with E-state index in [4.69, 9.17) is 6.42 Å². The Morgan fingerprint density at radius 1 is 1.25 bits per heavy atom. The van der Waals surface area contributed by atoms with E-state index in [-0.39, 0.29) is 0 Å². The van der Waals surface area contributed by atoms with Crippen LogP contribution in [0, 0.1) is 12.3 Å². The van der Waals surface area contributed by atoms with Gasteiger partial charge in [-0.25, -0.2) is 0 Å². The average molecular weight is 219 g/mol. The van der Waals surface area contributed by atoms with E-state index in [9.17, 15) is 0 Å². The van der Waals surface area contributed by atoms with Crippen molar-refractivity contribution in [3.8, 4) is 12.3 Å². The van der Waals surface area contributed by atoms with Crippen molar-refractivity contribution in [1.29, 1.82) is 0 Å². The second-order valence-electron chi connectivity index (χ2n) is 3.98. The van der Waals surface area contributed by atoms with Gasteiger partial charge in [0.2, 0.25) is 0 Å². The predicted octanol–water partition coefficient (Wildman–Crippen LogP) is 2.21. The van der Waals surface area contributed by atoms with Crippen LogP contribution < -0.4 is 4.40 Å². The molecule has 0 spiro atoms. The van der Waals surface area contributed by atoms with Crippen molar-refractivity contribution in [3.63, 3.8) is 0 Å². The molecule has 0 unspecified atom stereocenters. The van der Waals surface area contributed by atoms with Gasteiger partial charge in [-0.15, -0.1) is 0 Å². The van der Waals surface area contributed by atoms with Gasteiger partial charge in [0.25, 0.3) is 0 Å². The van der Waals surface area contributed by atoms with Crippen LogP contribution in [0.1, 0.15) is 5.56 Å². The van der Waals surface area contributed by atoms with Crippen LogP contribution in [0.25, 0.3) is 0 Å². The summed E-state index contributed by atoms with van der Waals surface area (Å²) in [4.78, 5) is 0. The van der Waals surface area contributed by atoms with E-state index in [1.54, 1.807) is 0 Å². The summed E-state index contributed by atoms with van der Waals surface area (Å²) in [5.41, 5.74) is 1.01. The molecule has 0 nitrogen and oxygen atoms in total. The Bertz CT molecular complexity index is 313. The topological polar surface area (TPSA) is 0 Å². The zero-order chi connectivity index (χ0) is 9.19. The van der Waals surface area contributed by atoms with E-state index in [1.165, 1.54) is 4.40 Å². The van der Waals surface area contributed by atoms with Crippen LogP contribution in [0.5, 0.6) is 0 Å². The van der Waals surface area contributed by atoms with Gasteiger partial charge in [0.1, 0.15) is 0 Å². The first-order valence-corrected chi connectivity index (χ1v) is 11.5. The first-order valence-electron chi connectivity index (χ1n) is 4.11. The second kappa shape index (κ2) is 3.37. The maximum atomic E-state index is 5.33. The van der Waals surface area contributed by atoms with Gasteiger partial charge in [0.05, 0.1) is 0 Å². The number of hydrogen-bond donors (Lipinski definition) is 0. The summed E-state index contributed by atoms with van der Waals surface area (Å²) >= 11 is -1.65.